The minimum absolute atomic E-state index is 1.08. The zero-order valence-corrected chi connectivity index (χ0v) is 6.74. The van der Waals surface area contributed by atoms with Gasteiger partial charge in [0, 0.05) is 11.3 Å². The Labute approximate surface area is 71.2 Å². The minimum atomic E-state index is -2.57. The van der Waals surface area contributed by atoms with Crippen LogP contribution in [0.5, 0.6) is 0 Å². The van der Waals surface area contributed by atoms with Crippen LogP contribution >= 0.6 is 0 Å². The summed E-state index contributed by atoms with van der Waals surface area (Å²) in [5, 5.41) is 0. The zero-order chi connectivity index (χ0) is 9.40. The molecule has 1 heterocycles. The number of carbonyl (C=O) groups excluding carboxylic acids is 1. The molecule has 1 aromatic rings. The average Bonchev–Trinajstić information content (AvgIpc) is 2.36. The van der Waals surface area contributed by atoms with Crippen molar-refractivity contribution >= 4 is 17.3 Å². The van der Waals surface area contributed by atoms with E-state index in [-0.39, 0.29) is 0 Å². The normalized spacial score (nSPS) is 10.8. The molecular formula is C5H7N2O4S-. The molecule has 68 valence electrons. The van der Waals surface area contributed by atoms with Gasteiger partial charge in [0.15, 0.2) is 0 Å². The molecule has 1 aromatic heterocycles. The summed E-state index contributed by atoms with van der Waals surface area (Å²) < 4.78 is 24.7. The fraction of sp³-hybridized carbons (Fsp3) is 0. The van der Waals surface area contributed by atoms with Gasteiger partial charge in [0.25, 0.3) is 0 Å². The molecule has 3 N–H and O–H groups in total. The van der Waals surface area contributed by atoms with Crippen molar-refractivity contribution in [2.75, 3.05) is 0 Å². The van der Waals surface area contributed by atoms with Crippen molar-refractivity contribution in [1.29, 1.82) is 0 Å². The molecule has 0 aromatic carbocycles. The van der Waals surface area contributed by atoms with Crippen LogP contribution in [0.1, 0.15) is 0 Å². The third kappa shape index (κ3) is 8.66. The largest absolute Gasteiger partial charge is 0.755 e. The number of amides is 2. The maximum absolute atomic E-state index is 9.53. The van der Waals surface area contributed by atoms with Gasteiger partial charge in [-0.2, -0.15) is 0 Å². The van der Waals surface area contributed by atoms with Crippen molar-refractivity contribution in [3.8, 4) is 0 Å². The first-order valence-corrected chi connectivity index (χ1v) is 3.83. The molecule has 2 amide bonds. The molecule has 0 bridgehead atoms. The van der Waals surface area contributed by atoms with Crippen LogP contribution in [0, 0.1) is 0 Å². The summed E-state index contributed by atoms with van der Waals surface area (Å²) in [7, 11) is 0. The zero-order valence-electron chi connectivity index (χ0n) is 5.93. The molecule has 0 fully saturated rings. The van der Waals surface area contributed by atoms with E-state index in [0.717, 1.165) is 0 Å². The van der Waals surface area contributed by atoms with Crippen molar-refractivity contribution in [1.82, 2.24) is 4.72 Å². The first kappa shape index (κ1) is 10.7. The molecule has 6 nitrogen and oxygen atoms in total. The number of nitrogens with two attached hydrogens (primary N) is 1. The molecule has 0 spiro atoms. The van der Waals surface area contributed by atoms with Crippen LogP contribution in [0.25, 0.3) is 0 Å². The summed E-state index contributed by atoms with van der Waals surface area (Å²) in [6.07, 6.45) is 3.25. The summed E-state index contributed by atoms with van der Waals surface area (Å²) in [5.74, 6) is 0. The Balaban J connectivity index is 0.000000211. The monoisotopic (exact) mass is 191 g/mol. The third-order valence-electron chi connectivity index (χ3n) is 0.609. The first-order chi connectivity index (χ1) is 5.63. The number of carbonyl (C=O) groups is 1. The summed E-state index contributed by atoms with van der Waals surface area (Å²) >= 11 is -2.57. The Kier molecular flexibility index (Phi) is 5.66. The van der Waals surface area contributed by atoms with E-state index in [1.807, 2.05) is 12.1 Å². The van der Waals surface area contributed by atoms with Crippen LogP contribution in [-0.4, -0.2) is 14.8 Å². The highest BCUT2D eigenvalue weighted by Gasteiger charge is 1.83. The SMILES string of the molecule is NC(=O)NS(=O)[O-].c1ccoc1. The van der Waals surface area contributed by atoms with Gasteiger partial charge in [-0.25, -0.2) is 4.79 Å². The van der Waals surface area contributed by atoms with Gasteiger partial charge >= 0.3 is 6.03 Å². The van der Waals surface area contributed by atoms with Gasteiger partial charge in [-0.15, -0.1) is 0 Å². The molecule has 0 aliphatic carbocycles. The number of hydrogen-bond acceptors (Lipinski definition) is 4. The maximum Gasteiger partial charge on any atom is 0.323 e. The lowest BCUT2D eigenvalue weighted by Crippen LogP contribution is -2.30. The second-order valence-corrected chi connectivity index (χ2v) is 2.17. The van der Waals surface area contributed by atoms with Gasteiger partial charge in [0.05, 0.1) is 12.5 Å². The molecule has 1 atom stereocenters. The number of urea groups is 1. The van der Waals surface area contributed by atoms with E-state index in [4.69, 9.17) is 0 Å². The van der Waals surface area contributed by atoms with Crippen LogP contribution in [-0.2, 0) is 11.3 Å². The number of primary amides is 1. The van der Waals surface area contributed by atoms with Crippen LogP contribution in [0.15, 0.2) is 29.1 Å². The van der Waals surface area contributed by atoms with Crippen molar-refractivity contribution < 1.29 is 18.0 Å². The molecule has 1 unspecified atom stereocenters. The number of rotatable bonds is 1. The van der Waals surface area contributed by atoms with E-state index in [2.05, 4.69) is 10.2 Å². The summed E-state index contributed by atoms with van der Waals surface area (Å²) in [6, 6.07) is 2.59. The molecule has 0 aliphatic heterocycles. The Morgan fingerprint density at radius 2 is 2.00 bits per heavy atom. The Morgan fingerprint density at radius 3 is 2.08 bits per heavy atom. The number of furan rings is 1. The van der Waals surface area contributed by atoms with E-state index >= 15 is 0 Å². The van der Waals surface area contributed by atoms with E-state index in [0.29, 0.717) is 0 Å². The smallest absolute Gasteiger partial charge is 0.323 e. The molecule has 0 aliphatic rings. The Bertz CT molecular complexity index is 206. The molecule has 12 heavy (non-hydrogen) atoms. The molecule has 1 rings (SSSR count). The van der Waals surface area contributed by atoms with Crippen LogP contribution in [0.2, 0.25) is 0 Å². The van der Waals surface area contributed by atoms with Crippen LogP contribution < -0.4 is 10.5 Å². The van der Waals surface area contributed by atoms with Crippen molar-refractivity contribution in [3.05, 3.63) is 24.7 Å². The minimum Gasteiger partial charge on any atom is -0.755 e. The Morgan fingerprint density at radius 1 is 1.50 bits per heavy atom. The molecule has 0 saturated carbocycles. The molecule has 7 heteroatoms. The second-order valence-electron chi connectivity index (χ2n) is 1.49. The third-order valence-corrected chi connectivity index (χ3v) is 0.977. The van der Waals surface area contributed by atoms with Crippen molar-refractivity contribution in [2.45, 2.75) is 0 Å². The van der Waals surface area contributed by atoms with Gasteiger partial charge in [0.2, 0.25) is 0 Å². The standard InChI is InChI=1S/C4H4O.CH4N2O3S/c1-2-4-5-3-1;2-1(4)3-7(5)6/h1-4H;(H,5,6)(H3,2,3,4)/p-1. The maximum atomic E-state index is 9.53. The van der Waals surface area contributed by atoms with E-state index in [9.17, 15) is 13.6 Å². The van der Waals surface area contributed by atoms with Crippen LogP contribution in [0.3, 0.4) is 0 Å². The fourth-order valence-corrected chi connectivity index (χ4v) is 0.473. The predicted molar refractivity (Wildman–Crippen MR) is 40.3 cm³/mol. The Hall–Kier alpha value is -1.34. The van der Waals surface area contributed by atoms with Gasteiger partial charge < -0.3 is 14.7 Å². The first-order valence-electron chi connectivity index (χ1n) is 2.75. The lowest BCUT2D eigenvalue weighted by molar-refractivity contribution is 0.253. The van der Waals surface area contributed by atoms with Crippen molar-refractivity contribution in [2.24, 2.45) is 5.73 Å². The predicted octanol–water partition coefficient (Wildman–Crippen LogP) is -0.272. The van der Waals surface area contributed by atoms with Gasteiger partial charge in [-0.3, -0.25) is 8.93 Å². The van der Waals surface area contributed by atoms with E-state index < -0.39 is 17.3 Å². The second kappa shape index (κ2) is 6.38. The van der Waals surface area contributed by atoms with Gasteiger partial charge in [-0.05, 0) is 12.1 Å². The van der Waals surface area contributed by atoms with E-state index in [1.54, 1.807) is 12.5 Å². The molecular weight excluding hydrogens is 184 g/mol. The topological polar surface area (TPSA) is 108 Å². The summed E-state index contributed by atoms with van der Waals surface area (Å²) in [4.78, 5) is 9.53. The fourth-order valence-electron chi connectivity index (χ4n) is 0.309. The quantitative estimate of drug-likeness (QED) is 0.595. The van der Waals surface area contributed by atoms with E-state index in [1.165, 1.54) is 4.72 Å². The van der Waals surface area contributed by atoms with Crippen molar-refractivity contribution in [3.63, 3.8) is 0 Å². The lowest BCUT2D eigenvalue weighted by Gasteiger charge is -2.00. The van der Waals surface area contributed by atoms with Gasteiger partial charge in [0.1, 0.15) is 0 Å². The highest BCUT2D eigenvalue weighted by atomic mass is 32.2. The summed E-state index contributed by atoms with van der Waals surface area (Å²) in [5.41, 5.74) is 4.35. The molecule has 0 radical (unpaired) electrons. The summed E-state index contributed by atoms with van der Waals surface area (Å²) in [6.45, 7) is 0. The number of nitrogens with one attached hydrogen (secondary N) is 1. The van der Waals surface area contributed by atoms with Gasteiger partial charge in [-0.1, -0.05) is 0 Å². The average molecular weight is 191 g/mol. The lowest BCUT2D eigenvalue weighted by atomic mass is 10.7. The van der Waals surface area contributed by atoms with Crippen LogP contribution in [0.4, 0.5) is 4.79 Å². The number of hydrogen-bond donors (Lipinski definition) is 2. The highest BCUT2D eigenvalue weighted by Crippen LogP contribution is 1.79. The highest BCUT2D eigenvalue weighted by molar-refractivity contribution is 7.77. The molecule has 0 saturated heterocycles.